The lowest BCUT2D eigenvalue weighted by Crippen LogP contribution is -2.18. The highest BCUT2D eigenvalue weighted by atomic mass is 16.6. The van der Waals surface area contributed by atoms with E-state index in [2.05, 4.69) is 15.6 Å². The normalized spacial score (nSPS) is 16.6. The van der Waals surface area contributed by atoms with Gasteiger partial charge in [-0.3, -0.25) is 10.1 Å². The van der Waals surface area contributed by atoms with Crippen molar-refractivity contribution >= 4 is 17.3 Å². The lowest BCUT2D eigenvalue weighted by atomic mass is 10.3. The SMILES string of the molecule is CNc1ccc([N+](=O)[O-])c(NC2(C)CC2)n1. The fourth-order valence-corrected chi connectivity index (χ4v) is 1.43. The average molecular weight is 222 g/mol. The zero-order valence-corrected chi connectivity index (χ0v) is 9.28. The van der Waals surface area contributed by atoms with Gasteiger partial charge in [0.1, 0.15) is 5.82 Å². The van der Waals surface area contributed by atoms with E-state index in [0.29, 0.717) is 11.6 Å². The quantitative estimate of drug-likeness (QED) is 0.601. The van der Waals surface area contributed by atoms with Crippen molar-refractivity contribution in [3.05, 3.63) is 22.2 Å². The topological polar surface area (TPSA) is 80.1 Å². The summed E-state index contributed by atoms with van der Waals surface area (Å²) in [7, 11) is 1.73. The summed E-state index contributed by atoms with van der Waals surface area (Å²) in [5.41, 5.74) is -0.00320. The molecule has 0 spiro atoms. The molecular formula is C10H14N4O2. The Labute approximate surface area is 93.2 Å². The molecule has 0 unspecified atom stereocenters. The van der Waals surface area contributed by atoms with Gasteiger partial charge in [0, 0.05) is 18.7 Å². The van der Waals surface area contributed by atoms with Crippen LogP contribution >= 0.6 is 0 Å². The third-order valence-corrected chi connectivity index (χ3v) is 2.75. The van der Waals surface area contributed by atoms with Crippen LogP contribution in [0.25, 0.3) is 0 Å². The van der Waals surface area contributed by atoms with Crippen molar-refractivity contribution in [2.45, 2.75) is 25.3 Å². The van der Waals surface area contributed by atoms with E-state index in [1.54, 1.807) is 13.1 Å². The van der Waals surface area contributed by atoms with Gasteiger partial charge in [0.05, 0.1) is 4.92 Å². The molecule has 16 heavy (non-hydrogen) atoms. The summed E-state index contributed by atoms with van der Waals surface area (Å²) >= 11 is 0. The molecule has 2 rings (SSSR count). The van der Waals surface area contributed by atoms with Crippen molar-refractivity contribution in [3.63, 3.8) is 0 Å². The van der Waals surface area contributed by atoms with Crippen LogP contribution in [0.2, 0.25) is 0 Å². The Morgan fingerprint density at radius 2 is 2.19 bits per heavy atom. The Morgan fingerprint density at radius 3 is 2.69 bits per heavy atom. The maximum Gasteiger partial charge on any atom is 0.311 e. The highest BCUT2D eigenvalue weighted by Gasteiger charge is 2.39. The maximum absolute atomic E-state index is 10.8. The van der Waals surface area contributed by atoms with Crippen LogP contribution in [-0.2, 0) is 0 Å². The predicted octanol–water partition coefficient (Wildman–Crippen LogP) is 2.00. The Bertz CT molecular complexity index is 429. The molecule has 2 N–H and O–H groups in total. The van der Waals surface area contributed by atoms with Crippen molar-refractivity contribution < 1.29 is 4.92 Å². The monoisotopic (exact) mass is 222 g/mol. The molecule has 0 atom stereocenters. The van der Waals surface area contributed by atoms with Gasteiger partial charge in [-0.25, -0.2) is 4.98 Å². The second-order valence-corrected chi connectivity index (χ2v) is 4.26. The molecule has 1 heterocycles. The third kappa shape index (κ3) is 2.05. The molecule has 0 aliphatic heterocycles. The zero-order valence-electron chi connectivity index (χ0n) is 9.28. The van der Waals surface area contributed by atoms with E-state index in [4.69, 9.17) is 0 Å². The molecule has 1 aliphatic rings. The van der Waals surface area contributed by atoms with Gasteiger partial charge in [0.25, 0.3) is 0 Å². The lowest BCUT2D eigenvalue weighted by Gasteiger charge is -2.13. The molecule has 0 radical (unpaired) electrons. The molecule has 6 heteroatoms. The zero-order chi connectivity index (χ0) is 11.8. The van der Waals surface area contributed by atoms with E-state index < -0.39 is 4.92 Å². The van der Waals surface area contributed by atoms with Gasteiger partial charge in [-0.1, -0.05) is 0 Å². The second-order valence-electron chi connectivity index (χ2n) is 4.26. The van der Waals surface area contributed by atoms with Crippen LogP contribution in [0.5, 0.6) is 0 Å². The minimum absolute atomic E-state index is 0.0205. The Balaban J connectivity index is 2.33. The molecule has 86 valence electrons. The number of nitrogens with one attached hydrogen (secondary N) is 2. The molecule has 1 aromatic heterocycles. The number of pyridine rings is 1. The standard InChI is InChI=1S/C10H14N4O2/c1-10(5-6-10)13-9-7(14(15)16)3-4-8(11-2)12-9/h3-4H,5-6H2,1-2H3,(H2,11,12,13). The van der Waals surface area contributed by atoms with Crippen LogP contribution < -0.4 is 10.6 Å². The Morgan fingerprint density at radius 1 is 1.50 bits per heavy atom. The van der Waals surface area contributed by atoms with Gasteiger partial charge in [-0.15, -0.1) is 0 Å². The van der Waals surface area contributed by atoms with Crippen LogP contribution in [0.15, 0.2) is 12.1 Å². The van der Waals surface area contributed by atoms with Crippen LogP contribution in [0, 0.1) is 10.1 Å². The number of aromatic nitrogens is 1. The van der Waals surface area contributed by atoms with Crippen LogP contribution in [0.4, 0.5) is 17.3 Å². The van der Waals surface area contributed by atoms with E-state index in [0.717, 1.165) is 12.8 Å². The minimum atomic E-state index is -0.416. The fraction of sp³-hybridized carbons (Fsp3) is 0.500. The molecule has 1 saturated carbocycles. The molecule has 0 amide bonds. The molecular weight excluding hydrogens is 208 g/mol. The molecule has 0 bridgehead atoms. The van der Waals surface area contributed by atoms with E-state index in [9.17, 15) is 10.1 Å². The largest absolute Gasteiger partial charge is 0.373 e. The smallest absolute Gasteiger partial charge is 0.311 e. The molecule has 0 saturated heterocycles. The van der Waals surface area contributed by atoms with Gasteiger partial charge >= 0.3 is 5.69 Å². The van der Waals surface area contributed by atoms with E-state index in [1.165, 1.54) is 6.07 Å². The first kappa shape index (κ1) is 10.7. The first-order valence-electron chi connectivity index (χ1n) is 5.15. The minimum Gasteiger partial charge on any atom is -0.373 e. The first-order valence-corrected chi connectivity index (χ1v) is 5.15. The number of nitro groups is 1. The predicted molar refractivity (Wildman–Crippen MR) is 61.7 cm³/mol. The van der Waals surface area contributed by atoms with Gasteiger partial charge < -0.3 is 10.6 Å². The van der Waals surface area contributed by atoms with Gasteiger partial charge in [-0.2, -0.15) is 0 Å². The second kappa shape index (κ2) is 3.62. The Hall–Kier alpha value is -1.85. The lowest BCUT2D eigenvalue weighted by molar-refractivity contribution is -0.384. The summed E-state index contributed by atoms with van der Waals surface area (Å²) in [6.07, 6.45) is 2.05. The molecule has 1 aromatic rings. The maximum atomic E-state index is 10.8. The summed E-state index contributed by atoms with van der Waals surface area (Å²) < 4.78 is 0. The van der Waals surface area contributed by atoms with Crippen molar-refractivity contribution in [1.82, 2.24) is 4.98 Å². The van der Waals surface area contributed by atoms with Crippen LogP contribution in [0.1, 0.15) is 19.8 Å². The number of anilines is 2. The van der Waals surface area contributed by atoms with Gasteiger partial charge in [-0.05, 0) is 25.8 Å². The number of rotatable bonds is 4. The van der Waals surface area contributed by atoms with Gasteiger partial charge in [0.15, 0.2) is 0 Å². The summed E-state index contributed by atoms with van der Waals surface area (Å²) in [5.74, 6) is 0.967. The summed E-state index contributed by atoms with van der Waals surface area (Å²) in [6.45, 7) is 2.03. The van der Waals surface area contributed by atoms with E-state index in [-0.39, 0.29) is 11.2 Å². The van der Waals surface area contributed by atoms with Gasteiger partial charge in [0.2, 0.25) is 5.82 Å². The Kier molecular flexibility index (Phi) is 2.41. The van der Waals surface area contributed by atoms with Crippen molar-refractivity contribution in [1.29, 1.82) is 0 Å². The van der Waals surface area contributed by atoms with E-state index >= 15 is 0 Å². The first-order chi connectivity index (χ1) is 7.54. The van der Waals surface area contributed by atoms with Crippen molar-refractivity contribution in [2.24, 2.45) is 0 Å². The average Bonchev–Trinajstić information content (AvgIpc) is 2.95. The third-order valence-electron chi connectivity index (χ3n) is 2.75. The molecule has 1 aliphatic carbocycles. The fourth-order valence-electron chi connectivity index (χ4n) is 1.43. The summed E-state index contributed by atoms with van der Waals surface area (Å²) in [6, 6.07) is 3.06. The molecule has 0 aromatic carbocycles. The number of hydrogen-bond acceptors (Lipinski definition) is 5. The van der Waals surface area contributed by atoms with Crippen molar-refractivity contribution in [3.8, 4) is 0 Å². The highest BCUT2D eigenvalue weighted by Crippen LogP contribution is 2.39. The summed E-state index contributed by atoms with van der Waals surface area (Å²) in [4.78, 5) is 14.6. The summed E-state index contributed by atoms with van der Waals surface area (Å²) in [5, 5.41) is 16.8. The number of nitrogens with zero attached hydrogens (tertiary/aromatic N) is 2. The van der Waals surface area contributed by atoms with E-state index in [1.807, 2.05) is 6.92 Å². The highest BCUT2D eigenvalue weighted by molar-refractivity contribution is 5.61. The molecule has 1 fully saturated rings. The number of hydrogen-bond donors (Lipinski definition) is 2. The van der Waals surface area contributed by atoms with Crippen LogP contribution in [0.3, 0.4) is 0 Å². The van der Waals surface area contributed by atoms with Crippen LogP contribution in [-0.4, -0.2) is 22.5 Å². The van der Waals surface area contributed by atoms with Crippen molar-refractivity contribution in [2.75, 3.05) is 17.7 Å². The molecule has 6 nitrogen and oxygen atoms in total.